The predicted molar refractivity (Wildman–Crippen MR) is 93.4 cm³/mol. The number of amides is 1. The SMILES string of the molecule is CCOC(=O)c1sc(NC(=O)COc2ccc(Cl)c(C)c2)nc1C(F)(F)F. The molecule has 2 aromatic rings. The predicted octanol–water partition coefficient (Wildman–Crippen LogP) is 4.32. The maximum Gasteiger partial charge on any atom is 0.435 e. The lowest BCUT2D eigenvalue weighted by Gasteiger charge is -2.07. The summed E-state index contributed by atoms with van der Waals surface area (Å²) in [6.45, 7) is 2.66. The highest BCUT2D eigenvalue weighted by molar-refractivity contribution is 7.17. The molecule has 146 valence electrons. The van der Waals surface area contributed by atoms with Gasteiger partial charge in [-0.1, -0.05) is 22.9 Å². The molecule has 0 unspecified atom stereocenters. The first-order valence-corrected chi connectivity index (χ1v) is 8.75. The van der Waals surface area contributed by atoms with Crippen LogP contribution in [0.25, 0.3) is 0 Å². The summed E-state index contributed by atoms with van der Waals surface area (Å²) in [4.78, 5) is 26.2. The zero-order chi connectivity index (χ0) is 20.2. The third-order valence-electron chi connectivity index (χ3n) is 3.10. The minimum atomic E-state index is -4.86. The number of ether oxygens (including phenoxy) is 2. The summed E-state index contributed by atoms with van der Waals surface area (Å²) in [5.74, 6) is -1.52. The monoisotopic (exact) mass is 422 g/mol. The van der Waals surface area contributed by atoms with Crippen molar-refractivity contribution >= 4 is 39.9 Å². The van der Waals surface area contributed by atoms with Gasteiger partial charge in [0.25, 0.3) is 5.91 Å². The molecule has 1 amide bonds. The van der Waals surface area contributed by atoms with E-state index in [0.717, 1.165) is 5.56 Å². The Morgan fingerprint density at radius 2 is 2.04 bits per heavy atom. The lowest BCUT2D eigenvalue weighted by atomic mass is 10.2. The number of esters is 1. The number of halogens is 4. The first-order chi connectivity index (χ1) is 12.6. The van der Waals surface area contributed by atoms with E-state index in [2.05, 4.69) is 15.0 Å². The van der Waals surface area contributed by atoms with Crippen molar-refractivity contribution in [2.24, 2.45) is 0 Å². The van der Waals surface area contributed by atoms with Crippen molar-refractivity contribution < 1.29 is 32.2 Å². The van der Waals surface area contributed by atoms with Gasteiger partial charge in [0.2, 0.25) is 0 Å². The molecule has 0 aliphatic rings. The Hall–Kier alpha value is -2.33. The van der Waals surface area contributed by atoms with E-state index in [-0.39, 0.29) is 11.7 Å². The maximum atomic E-state index is 13.0. The van der Waals surface area contributed by atoms with Gasteiger partial charge >= 0.3 is 12.1 Å². The van der Waals surface area contributed by atoms with Crippen LogP contribution in [0.15, 0.2) is 18.2 Å². The van der Waals surface area contributed by atoms with Gasteiger partial charge < -0.3 is 9.47 Å². The Balaban J connectivity index is 2.08. The number of hydrogen-bond acceptors (Lipinski definition) is 6. The number of aromatic nitrogens is 1. The Bertz CT molecular complexity index is 855. The number of nitrogens with one attached hydrogen (secondary N) is 1. The molecule has 0 saturated heterocycles. The van der Waals surface area contributed by atoms with Crippen LogP contribution in [0.2, 0.25) is 5.02 Å². The van der Waals surface area contributed by atoms with Gasteiger partial charge in [-0.3, -0.25) is 10.1 Å². The molecule has 1 aromatic heterocycles. The Morgan fingerprint density at radius 3 is 2.63 bits per heavy atom. The number of alkyl halides is 3. The summed E-state index contributed by atoms with van der Waals surface area (Å²) in [7, 11) is 0. The fourth-order valence-electron chi connectivity index (χ4n) is 1.91. The Labute approximate surface area is 161 Å². The van der Waals surface area contributed by atoms with Gasteiger partial charge in [0.15, 0.2) is 17.4 Å². The molecule has 2 rings (SSSR count). The first-order valence-electron chi connectivity index (χ1n) is 7.55. The van der Waals surface area contributed by atoms with Crippen molar-refractivity contribution in [1.82, 2.24) is 4.98 Å². The zero-order valence-electron chi connectivity index (χ0n) is 14.1. The molecule has 11 heteroatoms. The molecule has 1 heterocycles. The van der Waals surface area contributed by atoms with E-state index in [4.69, 9.17) is 16.3 Å². The van der Waals surface area contributed by atoms with Crippen LogP contribution in [0.1, 0.15) is 27.9 Å². The maximum absolute atomic E-state index is 13.0. The van der Waals surface area contributed by atoms with E-state index in [9.17, 15) is 22.8 Å². The van der Waals surface area contributed by atoms with E-state index in [1.165, 1.54) is 6.92 Å². The second-order valence-electron chi connectivity index (χ2n) is 5.16. The molecule has 0 radical (unpaired) electrons. The minimum Gasteiger partial charge on any atom is -0.484 e. The molecule has 0 atom stereocenters. The Morgan fingerprint density at radius 1 is 1.33 bits per heavy atom. The Kier molecular flexibility index (Phi) is 6.66. The molecule has 27 heavy (non-hydrogen) atoms. The third-order valence-corrected chi connectivity index (χ3v) is 4.48. The number of hydrogen-bond donors (Lipinski definition) is 1. The molecule has 0 aliphatic carbocycles. The number of carbonyl (C=O) groups excluding carboxylic acids is 2. The summed E-state index contributed by atoms with van der Waals surface area (Å²) in [5.41, 5.74) is -0.668. The highest BCUT2D eigenvalue weighted by Crippen LogP contribution is 2.36. The largest absolute Gasteiger partial charge is 0.484 e. The third kappa shape index (κ3) is 5.57. The lowest BCUT2D eigenvalue weighted by molar-refractivity contribution is -0.141. The molecular formula is C16H14ClF3N2O4S. The number of benzene rings is 1. The summed E-state index contributed by atoms with van der Waals surface area (Å²) < 4.78 is 48.9. The number of thiazole rings is 1. The quantitative estimate of drug-likeness (QED) is 0.701. The van der Waals surface area contributed by atoms with E-state index in [1.54, 1.807) is 25.1 Å². The molecule has 1 aromatic carbocycles. The standard InChI is InChI=1S/C16H14ClF3N2O4S/c1-3-25-14(24)12-13(16(18,19)20)22-15(27-12)21-11(23)7-26-9-4-5-10(17)8(2)6-9/h4-6H,3,7H2,1-2H3,(H,21,22,23). The normalized spacial score (nSPS) is 11.2. The van der Waals surface area contributed by atoms with E-state index in [1.807, 2.05) is 0 Å². The highest BCUT2D eigenvalue weighted by Gasteiger charge is 2.40. The average Bonchev–Trinajstić information content (AvgIpc) is 3.00. The second kappa shape index (κ2) is 8.57. The number of carbonyl (C=O) groups is 2. The summed E-state index contributed by atoms with van der Waals surface area (Å²) in [6, 6.07) is 4.75. The highest BCUT2D eigenvalue weighted by atomic mass is 35.5. The lowest BCUT2D eigenvalue weighted by Crippen LogP contribution is -2.20. The van der Waals surface area contributed by atoms with Crippen molar-refractivity contribution in [2.45, 2.75) is 20.0 Å². The van der Waals surface area contributed by atoms with Crippen molar-refractivity contribution in [3.05, 3.63) is 39.4 Å². The molecule has 1 N–H and O–H groups in total. The summed E-state index contributed by atoms with van der Waals surface area (Å²) in [6.07, 6.45) is -4.86. The van der Waals surface area contributed by atoms with Crippen molar-refractivity contribution in [2.75, 3.05) is 18.5 Å². The van der Waals surface area contributed by atoms with E-state index >= 15 is 0 Å². The number of anilines is 1. The molecule has 6 nitrogen and oxygen atoms in total. The van der Waals surface area contributed by atoms with E-state index < -0.39 is 35.2 Å². The van der Waals surface area contributed by atoms with Crippen molar-refractivity contribution in [3.63, 3.8) is 0 Å². The van der Waals surface area contributed by atoms with Crippen molar-refractivity contribution in [3.8, 4) is 5.75 Å². The van der Waals surface area contributed by atoms with Gasteiger partial charge in [-0.25, -0.2) is 9.78 Å². The fraction of sp³-hybridized carbons (Fsp3) is 0.312. The van der Waals surface area contributed by atoms with Crippen LogP contribution in [-0.2, 0) is 15.7 Å². The van der Waals surface area contributed by atoms with Gasteiger partial charge in [-0.15, -0.1) is 0 Å². The number of rotatable bonds is 6. The van der Waals surface area contributed by atoms with Crippen LogP contribution in [0.3, 0.4) is 0 Å². The van der Waals surface area contributed by atoms with E-state index in [0.29, 0.717) is 22.1 Å². The topological polar surface area (TPSA) is 77.5 Å². The van der Waals surface area contributed by atoms with Gasteiger partial charge in [0.1, 0.15) is 10.6 Å². The molecular weight excluding hydrogens is 409 g/mol. The van der Waals surface area contributed by atoms with Gasteiger partial charge in [0.05, 0.1) is 6.61 Å². The molecule has 0 saturated carbocycles. The summed E-state index contributed by atoms with van der Waals surface area (Å²) >= 11 is 6.26. The molecule has 0 bridgehead atoms. The van der Waals surface area contributed by atoms with Crippen LogP contribution in [0.5, 0.6) is 5.75 Å². The van der Waals surface area contributed by atoms with Crippen LogP contribution < -0.4 is 10.1 Å². The van der Waals surface area contributed by atoms with Gasteiger partial charge in [0, 0.05) is 5.02 Å². The van der Waals surface area contributed by atoms with Crippen molar-refractivity contribution in [1.29, 1.82) is 0 Å². The minimum absolute atomic E-state index is 0.0932. The van der Waals surface area contributed by atoms with Gasteiger partial charge in [-0.2, -0.15) is 13.2 Å². The number of aryl methyl sites for hydroxylation is 1. The van der Waals surface area contributed by atoms with Gasteiger partial charge in [-0.05, 0) is 37.6 Å². The second-order valence-corrected chi connectivity index (χ2v) is 6.57. The average molecular weight is 423 g/mol. The molecule has 0 aliphatic heterocycles. The van der Waals surface area contributed by atoms with Crippen LogP contribution in [-0.4, -0.2) is 30.1 Å². The van der Waals surface area contributed by atoms with Crippen LogP contribution >= 0.6 is 22.9 Å². The fourth-order valence-corrected chi connectivity index (χ4v) is 2.92. The smallest absolute Gasteiger partial charge is 0.435 e. The van der Waals surface area contributed by atoms with Crippen LogP contribution in [0, 0.1) is 6.92 Å². The molecule has 0 fully saturated rings. The first kappa shape index (κ1) is 21.0. The zero-order valence-corrected chi connectivity index (χ0v) is 15.7. The summed E-state index contributed by atoms with van der Waals surface area (Å²) in [5, 5.41) is 2.32. The number of nitrogens with zero attached hydrogens (tertiary/aromatic N) is 1. The molecule has 0 spiro atoms. The van der Waals surface area contributed by atoms with Crippen LogP contribution in [0.4, 0.5) is 18.3 Å².